The fourth-order valence-corrected chi connectivity index (χ4v) is 3.93. The van der Waals surface area contributed by atoms with Crippen molar-refractivity contribution in [2.24, 2.45) is 0 Å². The first kappa shape index (κ1) is 15.6. The summed E-state index contributed by atoms with van der Waals surface area (Å²) >= 11 is 5.96. The highest BCUT2D eigenvalue weighted by atomic mass is 35.5. The van der Waals surface area contributed by atoms with Crippen LogP contribution in [-0.4, -0.2) is 23.9 Å². The number of halogens is 2. The first-order chi connectivity index (χ1) is 11.6. The molecule has 1 saturated heterocycles. The van der Waals surface area contributed by atoms with Gasteiger partial charge < -0.3 is 4.90 Å². The van der Waals surface area contributed by atoms with Crippen molar-refractivity contribution in [2.75, 3.05) is 13.1 Å². The molecule has 0 N–H and O–H groups in total. The summed E-state index contributed by atoms with van der Waals surface area (Å²) in [7, 11) is 0. The molecule has 1 amide bonds. The highest BCUT2D eigenvalue weighted by Crippen LogP contribution is 2.50. The van der Waals surface area contributed by atoms with Gasteiger partial charge in [0.2, 0.25) is 5.91 Å². The van der Waals surface area contributed by atoms with Gasteiger partial charge in [0.05, 0.1) is 5.41 Å². The quantitative estimate of drug-likeness (QED) is 0.802. The Kier molecular flexibility index (Phi) is 3.84. The summed E-state index contributed by atoms with van der Waals surface area (Å²) in [6, 6.07) is 14.4. The van der Waals surface area contributed by atoms with Crippen LogP contribution in [0.5, 0.6) is 0 Å². The molecule has 2 fully saturated rings. The van der Waals surface area contributed by atoms with Gasteiger partial charge in [0.15, 0.2) is 0 Å². The van der Waals surface area contributed by atoms with E-state index < -0.39 is 0 Å². The average Bonchev–Trinajstić information content (AvgIpc) is 3.24. The maximum atomic E-state index is 13.4. The van der Waals surface area contributed by atoms with E-state index in [1.54, 1.807) is 12.1 Å². The second-order valence-electron chi connectivity index (χ2n) is 6.88. The van der Waals surface area contributed by atoms with E-state index in [0.717, 1.165) is 36.9 Å². The van der Waals surface area contributed by atoms with Crippen LogP contribution >= 0.6 is 11.6 Å². The van der Waals surface area contributed by atoms with Crippen LogP contribution in [0.2, 0.25) is 5.02 Å². The summed E-state index contributed by atoms with van der Waals surface area (Å²) in [6.45, 7) is 1.42. The number of hydrogen-bond acceptors (Lipinski definition) is 1. The summed E-state index contributed by atoms with van der Waals surface area (Å²) in [5.74, 6) is 0.228. The number of rotatable bonds is 3. The number of hydrogen-bond donors (Lipinski definition) is 0. The van der Waals surface area contributed by atoms with E-state index in [4.69, 9.17) is 11.6 Å². The molecule has 0 aromatic heterocycles. The van der Waals surface area contributed by atoms with E-state index in [1.807, 2.05) is 35.2 Å². The average molecular weight is 344 g/mol. The first-order valence-electron chi connectivity index (χ1n) is 8.39. The van der Waals surface area contributed by atoms with Crippen LogP contribution in [-0.2, 0) is 10.2 Å². The predicted molar refractivity (Wildman–Crippen MR) is 92.7 cm³/mol. The Labute approximate surface area is 146 Å². The van der Waals surface area contributed by atoms with Gasteiger partial charge in [-0.05, 0) is 54.7 Å². The smallest absolute Gasteiger partial charge is 0.233 e. The highest BCUT2D eigenvalue weighted by Gasteiger charge is 2.53. The zero-order chi connectivity index (χ0) is 16.7. The van der Waals surface area contributed by atoms with Crippen molar-refractivity contribution in [1.82, 2.24) is 4.90 Å². The third-order valence-electron chi connectivity index (χ3n) is 5.35. The molecule has 0 bridgehead atoms. The molecule has 1 aliphatic heterocycles. The fourth-order valence-electron chi connectivity index (χ4n) is 3.80. The third-order valence-corrected chi connectivity index (χ3v) is 5.60. The Morgan fingerprint density at radius 3 is 2.58 bits per heavy atom. The summed E-state index contributed by atoms with van der Waals surface area (Å²) in [5.41, 5.74) is 1.69. The van der Waals surface area contributed by atoms with Gasteiger partial charge in [0.1, 0.15) is 5.82 Å². The predicted octanol–water partition coefficient (Wildman–Crippen LogP) is 4.53. The zero-order valence-electron chi connectivity index (χ0n) is 13.3. The Bertz CT molecular complexity index is 769. The number of nitrogens with zero attached hydrogens (tertiary/aromatic N) is 1. The first-order valence-corrected chi connectivity index (χ1v) is 8.77. The lowest BCUT2D eigenvalue weighted by Gasteiger charge is -2.24. The molecule has 2 aromatic carbocycles. The molecule has 4 heteroatoms. The topological polar surface area (TPSA) is 20.3 Å². The van der Waals surface area contributed by atoms with Crippen LogP contribution in [0.1, 0.15) is 36.3 Å². The van der Waals surface area contributed by atoms with Crippen molar-refractivity contribution < 1.29 is 9.18 Å². The van der Waals surface area contributed by atoms with E-state index in [2.05, 4.69) is 0 Å². The summed E-state index contributed by atoms with van der Waals surface area (Å²) < 4.78 is 13.4. The molecule has 0 spiro atoms. The second kappa shape index (κ2) is 5.89. The van der Waals surface area contributed by atoms with E-state index in [1.165, 1.54) is 6.07 Å². The SMILES string of the molecule is O=C(N1CCC(c2cccc(F)c2)C1)C1(c2ccc(Cl)cc2)CC1. The number of likely N-dealkylation sites (tertiary alicyclic amines) is 1. The highest BCUT2D eigenvalue weighted by molar-refractivity contribution is 6.30. The lowest BCUT2D eigenvalue weighted by molar-refractivity contribution is -0.132. The van der Waals surface area contributed by atoms with Gasteiger partial charge in [-0.25, -0.2) is 4.39 Å². The number of amides is 1. The molecule has 1 aliphatic carbocycles. The van der Waals surface area contributed by atoms with Crippen LogP contribution < -0.4 is 0 Å². The van der Waals surface area contributed by atoms with Gasteiger partial charge in [0, 0.05) is 24.0 Å². The summed E-state index contributed by atoms with van der Waals surface area (Å²) in [4.78, 5) is 15.0. The Balaban J connectivity index is 1.51. The normalized spacial score (nSPS) is 21.8. The van der Waals surface area contributed by atoms with Gasteiger partial charge in [0.25, 0.3) is 0 Å². The minimum Gasteiger partial charge on any atom is -0.341 e. The largest absolute Gasteiger partial charge is 0.341 e. The van der Waals surface area contributed by atoms with Crippen LogP contribution in [0.3, 0.4) is 0 Å². The van der Waals surface area contributed by atoms with Crippen molar-refractivity contribution in [3.63, 3.8) is 0 Å². The molecule has 124 valence electrons. The number of benzene rings is 2. The van der Waals surface area contributed by atoms with Crippen molar-refractivity contribution in [3.05, 3.63) is 70.5 Å². The molecule has 24 heavy (non-hydrogen) atoms. The Morgan fingerprint density at radius 2 is 1.92 bits per heavy atom. The maximum Gasteiger partial charge on any atom is 0.233 e. The summed E-state index contributed by atoms with van der Waals surface area (Å²) in [6.07, 6.45) is 2.69. The van der Waals surface area contributed by atoms with E-state index >= 15 is 0 Å². The molecule has 0 radical (unpaired) electrons. The monoisotopic (exact) mass is 343 g/mol. The van der Waals surface area contributed by atoms with Crippen LogP contribution in [0.15, 0.2) is 48.5 Å². The Hall–Kier alpha value is -1.87. The van der Waals surface area contributed by atoms with Gasteiger partial charge in [-0.15, -0.1) is 0 Å². The van der Waals surface area contributed by atoms with E-state index in [-0.39, 0.29) is 23.1 Å². The minimum atomic E-state index is -0.360. The lowest BCUT2D eigenvalue weighted by Crippen LogP contribution is -2.37. The standard InChI is InChI=1S/C20H19ClFNO/c21-17-6-4-16(5-7-17)20(9-10-20)19(24)23-11-8-15(13-23)14-2-1-3-18(22)12-14/h1-7,12,15H,8-11,13H2. The molecule has 1 unspecified atom stereocenters. The molecule has 4 rings (SSSR count). The fraction of sp³-hybridized carbons (Fsp3) is 0.350. The van der Waals surface area contributed by atoms with E-state index in [0.29, 0.717) is 11.6 Å². The van der Waals surface area contributed by atoms with Crippen molar-refractivity contribution in [2.45, 2.75) is 30.6 Å². The van der Waals surface area contributed by atoms with Crippen molar-refractivity contribution in [3.8, 4) is 0 Å². The molecule has 1 saturated carbocycles. The van der Waals surface area contributed by atoms with Gasteiger partial charge >= 0.3 is 0 Å². The minimum absolute atomic E-state index is 0.211. The molecule has 2 nitrogen and oxygen atoms in total. The van der Waals surface area contributed by atoms with Gasteiger partial charge in [-0.2, -0.15) is 0 Å². The third kappa shape index (κ3) is 2.71. The number of carbonyl (C=O) groups excluding carboxylic acids is 1. The zero-order valence-corrected chi connectivity index (χ0v) is 14.1. The van der Waals surface area contributed by atoms with Crippen molar-refractivity contribution in [1.29, 1.82) is 0 Å². The lowest BCUT2D eigenvalue weighted by atomic mass is 9.94. The van der Waals surface area contributed by atoms with Crippen LogP contribution in [0, 0.1) is 5.82 Å². The molecule has 1 atom stereocenters. The van der Waals surface area contributed by atoms with Gasteiger partial charge in [-0.3, -0.25) is 4.79 Å². The Morgan fingerprint density at radius 1 is 1.17 bits per heavy atom. The second-order valence-corrected chi connectivity index (χ2v) is 7.32. The molecular formula is C20H19ClFNO. The van der Waals surface area contributed by atoms with Crippen LogP contribution in [0.4, 0.5) is 4.39 Å². The van der Waals surface area contributed by atoms with Crippen LogP contribution in [0.25, 0.3) is 0 Å². The summed E-state index contributed by atoms with van der Waals surface area (Å²) in [5, 5.41) is 0.689. The molecule has 2 aliphatic rings. The molecule has 2 aromatic rings. The molecular weight excluding hydrogens is 325 g/mol. The van der Waals surface area contributed by atoms with Gasteiger partial charge in [-0.1, -0.05) is 35.9 Å². The maximum absolute atomic E-state index is 13.4. The van der Waals surface area contributed by atoms with Crippen molar-refractivity contribution >= 4 is 17.5 Å². The molecule has 1 heterocycles. The van der Waals surface area contributed by atoms with E-state index in [9.17, 15) is 9.18 Å². The number of carbonyl (C=O) groups is 1.